The molecule has 104 valence electrons. The summed E-state index contributed by atoms with van der Waals surface area (Å²) in [5, 5.41) is 8.84. The summed E-state index contributed by atoms with van der Waals surface area (Å²) in [6.07, 6.45) is 1.28. The second-order valence-corrected chi connectivity index (χ2v) is 7.98. The van der Waals surface area contributed by atoms with Crippen LogP contribution in [0.5, 0.6) is 0 Å². The van der Waals surface area contributed by atoms with Crippen LogP contribution in [0.1, 0.15) is 12.0 Å². The largest absolute Gasteiger partial charge is 0.241 e. The highest BCUT2D eigenvalue weighted by Gasteiger charge is 2.17. The third-order valence-electron chi connectivity index (χ3n) is 2.28. The molecule has 0 aliphatic rings. The molecule has 0 aromatic heterocycles. The van der Waals surface area contributed by atoms with Gasteiger partial charge in [-0.25, -0.2) is 21.6 Å². The Morgan fingerprint density at radius 3 is 2.42 bits per heavy atom. The molecule has 0 unspecified atom stereocenters. The minimum Gasteiger partial charge on any atom is -0.229 e. The van der Waals surface area contributed by atoms with E-state index in [1.165, 1.54) is 18.2 Å². The SMILES string of the molecule is CS(=O)(=O)CCCNS(=O)(=O)c1ccccc1C#N. The molecule has 0 amide bonds. The first-order valence-electron chi connectivity index (χ1n) is 5.43. The van der Waals surface area contributed by atoms with E-state index < -0.39 is 19.9 Å². The Balaban J connectivity index is 2.75. The molecule has 1 aromatic carbocycles. The van der Waals surface area contributed by atoms with Gasteiger partial charge in [-0.15, -0.1) is 0 Å². The maximum Gasteiger partial charge on any atom is 0.241 e. The van der Waals surface area contributed by atoms with Gasteiger partial charge in [0.2, 0.25) is 10.0 Å². The van der Waals surface area contributed by atoms with E-state index in [9.17, 15) is 16.8 Å². The normalized spacial score (nSPS) is 12.0. The Morgan fingerprint density at radius 2 is 1.84 bits per heavy atom. The van der Waals surface area contributed by atoms with Gasteiger partial charge in [0.25, 0.3) is 0 Å². The fraction of sp³-hybridized carbons (Fsp3) is 0.364. The highest BCUT2D eigenvalue weighted by atomic mass is 32.2. The minimum atomic E-state index is -3.79. The zero-order valence-corrected chi connectivity index (χ0v) is 12.0. The second kappa shape index (κ2) is 6.14. The van der Waals surface area contributed by atoms with Crippen LogP contribution in [0, 0.1) is 11.3 Å². The maximum absolute atomic E-state index is 11.9. The lowest BCUT2D eigenvalue weighted by Gasteiger charge is -2.07. The topological polar surface area (TPSA) is 104 Å². The van der Waals surface area contributed by atoms with Crippen molar-refractivity contribution in [3.8, 4) is 6.07 Å². The predicted molar refractivity (Wildman–Crippen MR) is 70.7 cm³/mol. The maximum atomic E-state index is 11.9. The van der Waals surface area contributed by atoms with Crippen molar-refractivity contribution in [3.63, 3.8) is 0 Å². The molecule has 1 N–H and O–H groups in total. The van der Waals surface area contributed by atoms with Gasteiger partial charge in [0.05, 0.1) is 16.2 Å². The molecule has 0 spiro atoms. The number of nitrogens with zero attached hydrogens (tertiary/aromatic N) is 1. The third-order valence-corrected chi connectivity index (χ3v) is 4.83. The van der Waals surface area contributed by atoms with Crippen LogP contribution < -0.4 is 4.72 Å². The Bertz CT molecular complexity index is 688. The summed E-state index contributed by atoms with van der Waals surface area (Å²) >= 11 is 0. The van der Waals surface area contributed by atoms with Crippen molar-refractivity contribution in [1.29, 1.82) is 5.26 Å². The first kappa shape index (κ1) is 15.6. The number of nitrogens with one attached hydrogen (secondary N) is 1. The fourth-order valence-corrected chi connectivity index (χ4v) is 3.31. The molecule has 0 atom stereocenters. The number of hydrogen-bond acceptors (Lipinski definition) is 5. The lowest BCUT2D eigenvalue weighted by Crippen LogP contribution is -2.26. The van der Waals surface area contributed by atoms with E-state index in [0.29, 0.717) is 0 Å². The van der Waals surface area contributed by atoms with Gasteiger partial charge in [-0.05, 0) is 18.6 Å². The van der Waals surface area contributed by atoms with Crippen molar-refractivity contribution in [2.75, 3.05) is 18.6 Å². The lowest BCUT2D eigenvalue weighted by atomic mass is 10.2. The molecular formula is C11H14N2O4S2. The van der Waals surface area contributed by atoms with E-state index in [4.69, 9.17) is 5.26 Å². The lowest BCUT2D eigenvalue weighted by molar-refractivity contribution is 0.577. The van der Waals surface area contributed by atoms with Crippen molar-refractivity contribution in [1.82, 2.24) is 4.72 Å². The van der Waals surface area contributed by atoms with E-state index in [-0.39, 0.29) is 29.2 Å². The third kappa shape index (κ3) is 4.98. The Morgan fingerprint density at radius 1 is 1.21 bits per heavy atom. The summed E-state index contributed by atoms with van der Waals surface area (Å²) in [4.78, 5) is -0.100. The van der Waals surface area contributed by atoms with Gasteiger partial charge in [-0.2, -0.15) is 5.26 Å². The Kier molecular flexibility index (Phi) is 5.05. The number of sulfone groups is 1. The van der Waals surface area contributed by atoms with Crippen molar-refractivity contribution < 1.29 is 16.8 Å². The molecular weight excluding hydrogens is 288 g/mol. The minimum absolute atomic E-state index is 0.00909. The van der Waals surface area contributed by atoms with E-state index in [0.717, 1.165) is 6.26 Å². The number of sulfonamides is 1. The van der Waals surface area contributed by atoms with Gasteiger partial charge in [0, 0.05) is 12.8 Å². The summed E-state index contributed by atoms with van der Waals surface area (Å²) in [7, 11) is -6.89. The van der Waals surface area contributed by atoms with Crippen LogP contribution in [0.4, 0.5) is 0 Å². The van der Waals surface area contributed by atoms with E-state index in [1.807, 2.05) is 0 Å². The quantitative estimate of drug-likeness (QED) is 0.760. The number of hydrogen-bond donors (Lipinski definition) is 1. The summed E-state index contributed by atoms with van der Waals surface area (Å²) in [6, 6.07) is 7.63. The summed E-state index contributed by atoms with van der Waals surface area (Å²) in [6.45, 7) is 0.00909. The fourth-order valence-electron chi connectivity index (χ4n) is 1.41. The predicted octanol–water partition coefficient (Wildman–Crippen LogP) is 0.271. The summed E-state index contributed by atoms with van der Waals surface area (Å²) in [5.41, 5.74) is 0.0538. The molecule has 6 nitrogen and oxygen atoms in total. The van der Waals surface area contributed by atoms with Crippen molar-refractivity contribution in [2.24, 2.45) is 0 Å². The molecule has 0 aliphatic carbocycles. The highest BCUT2D eigenvalue weighted by Crippen LogP contribution is 2.13. The summed E-state index contributed by atoms with van der Waals surface area (Å²) < 4.78 is 47.9. The van der Waals surface area contributed by atoms with Gasteiger partial charge < -0.3 is 0 Å². The van der Waals surface area contributed by atoms with Crippen molar-refractivity contribution >= 4 is 19.9 Å². The molecule has 0 fully saturated rings. The van der Waals surface area contributed by atoms with Gasteiger partial charge in [-0.3, -0.25) is 0 Å². The molecule has 0 heterocycles. The van der Waals surface area contributed by atoms with Gasteiger partial charge in [-0.1, -0.05) is 12.1 Å². The molecule has 1 rings (SSSR count). The number of rotatable bonds is 6. The van der Waals surface area contributed by atoms with Gasteiger partial charge in [0.1, 0.15) is 15.9 Å². The van der Waals surface area contributed by atoms with Crippen LogP contribution in [0.3, 0.4) is 0 Å². The smallest absolute Gasteiger partial charge is 0.229 e. The second-order valence-electron chi connectivity index (χ2n) is 3.99. The van der Waals surface area contributed by atoms with Gasteiger partial charge >= 0.3 is 0 Å². The van der Waals surface area contributed by atoms with Crippen molar-refractivity contribution in [3.05, 3.63) is 29.8 Å². The molecule has 0 saturated heterocycles. The molecule has 0 bridgehead atoms. The molecule has 0 aliphatic heterocycles. The van der Waals surface area contributed by atoms with Crippen LogP contribution >= 0.6 is 0 Å². The summed E-state index contributed by atoms with van der Waals surface area (Å²) in [5.74, 6) is -0.0879. The Hall–Kier alpha value is -1.43. The van der Waals surface area contributed by atoms with Gasteiger partial charge in [0.15, 0.2) is 0 Å². The van der Waals surface area contributed by atoms with Crippen molar-refractivity contribution in [2.45, 2.75) is 11.3 Å². The van der Waals surface area contributed by atoms with Crippen LogP contribution in [0.2, 0.25) is 0 Å². The number of nitriles is 1. The molecule has 0 radical (unpaired) electrons. The standard InChI is InChI=1S/C11H14N2O4S2/c1-18(14,15)8-4-7-13-19(16,17)11-6-3-2-5-10(11)9-12/h2-3,5-6,13H,4,7-8H2,1H3. The van der Waals surface area contributed by atoms with E-state index in [2.05, 4.69) is 4.72 Å². The molecule has 8 heteroatoms. The average molecular weight is 302 g/mol. The van der Waals surface area contributed by atoms with Crippen LogP contribution in [0.25, 0.3) is 0 Å². The Labute approximate surface area is 113 Å². The first-order valence-corrected chi connectivity index (χ1v) is 8.97. The first-order chi connectivity index (χ1) is 8.76. The molecule has 0 saturated carbocycles. The average Bonchev–Trinajstić information content (AvgIpc) is 2.33. The number of benzene rings is 1. The van der Waals surface area contributed by atoms with Crippen LogP contribution in [-0.2, 0) is 19.9 Å². The van der Waals surface area contributed by atoms with Crippen LogP contribution in [-0.4, -0.2) is 35.4 Å². The monoisotopic (exact) mass is 302 g/mol. The molecule has 19 heavy (non-hydrogen) atoms. The van der Waals surface area contributed by atoms with E-state index in [1.54, 1.807) is 12.1 Å². The highest BCUT2D eigenvalue weighted by molar-refractivity contribution is 7.90. The zero-order valence-electron chi connectivity index (χ0n) is 10.3. The van der Waals surface area contributed by atoms with E-state index >= 15 is 0 Å². The molecule has 1 aromatic rings. The van der Waals surface area contributed by atoms with Crippen LogP contribution in [0.15, 0.2) is 29.2 Å². The zero-order chi connectivity index (χ0) is 14.5.